The number of aryl methyl sites for hydroxylation is 1. The number of hydrogen-bond acceptors (Lipinski definition) is 5. The van der Waals surface area contributed by atoms with Gasteiger partial charge in [-0.25, -0.2) is 9.97 Å². The molecule has 2 heterocycles. The molecule has 4 nitrogen and oxygen atoms in total. The fraction of sp³-hybridized carbons (Fsp3) is 0.200. The van der Waals surface area contributed by atoms with Crippen LogP contribution in [0.15, 0.2) is 36.7 Å². The van der Waals surface area contributed by atoms with Crippen molar-refractivity contribution in [2.24, 2.45) is 0 Å². The number of rotatable bonds is 4. The van der Waals surface area contributed by atoms with E-state index in [1.807, 2.05) is 12.1 Å². The van der Waals surface area contributed by atoms with Gasteiger partial charge in [0.15, 0.2) is 0 Å². The van der Waals surface area contributed by atoms with Crippen molar-refractivity contribution < 1.29 is 0 Å². The van der Waals surface area contributed by atoms with E-state index >= 15 is 0 Å². The van der Waals surface area contributed by atoms with Crippen LogP contribution in [0.1, 0.15) is 10.4 Å². The molecule has 3 rings (SSSR count). The largest absolute Gasteiger partial charge is 0.399 e. The van der Waals surface area contributed by atoms with Crippen LogP contribution in [0.3, 0.4) is 0 Å². The SMILES string of the molecule is Cc1cc2c(NCCc3ccc(N)cc3)ncnc2s1. The fourth-order valence-corrected chi connectivity index (χ4v) is 2.97. The highest BCUT2D eigenvalue weighted by atomic mass is 32.1. The van der Waals surface area contributed by atoms with Crippen molar-refractivity contribution in [3.8, 4) is 0 Å². The molecule has 0 unspecified atom stereocenters. The molecule has 0 amide bonds. The Morgan fingerprint density at radius 1 is 1.20 bits per heavy atom. The summed E-state index contributed by atoms with van der Waals surface area (Å²) in [6, 6.07) is 10.1. The minimum absolute atomic E-state index is 0.799. The van der Waals surface area contributed by atoms with Gasteiger partial charge in [-0.05, 0) is 37.1 Å². The van der Waals surface area contributed by atoms with E-state index in [1.165, 1.54) is 10.4 Å². The van der Waals surface area contributed by atoms with Gasteiger partial charge in [0.25, 0.3) is 0 Å². The first-order chi connectivity index (χ1) is 9.72. The number of hydrogen-bond donors (Lipinski definition) is 2. The van der Waals surface area contributed by atoms with Crippen LogP contribution in [-0.2, 0) is 6.42 Å². The molecule has 20 heavy (non-hydrogen) atoms. The highest BCUT2D eigenvalue weighted by Gasteiger charge is 2.06. The summed E-state index contributed by atoms with van der Waals surface area (Å²) in [5.41, 5.74) is 7.74. The van der Waals surface area contributed by atoms with E-state index in [0.717, 1.165) is 34.7 Å². The molecule has 0 aliphatic carbocycles. The van der Waals surface area contributed by atoms with Crippen LogP contribution >= 0.6 is 11.3 Å². The van der Waals surface area contributed by atoms with E-state index in [1.54, 1.807) is 17.7 Å². The molecule has 0 radical (unpaired) electrons. The fourth-order valence-electron chi connectivity index (χ4n) is 2.13. The monoisotopic (exact) mass is 284 g/mol. The summed E-state index contributed by atoms with van der Waals surface area (Å²) in [6.07, 6.45) is 2.55. The molecule has 0 bridgehead atoms. The Bertz CT molecular complexity index is 718. The molecule has 2 aromatic heterocycles. The lowest BCUT2D eigenvalue weighted by Crippen LogP contribution is -2.06. The first-order valence-corrected chi connectivity index (χ1v) is 7.33. The number of nitrogens with zero attached hydrogens (tertiary/aromatic N) is 2. The van der Waals surface area contributed by atoms with Gasteiger partial charge in [0, 0.05) is 17.1 Å². The highest BCUT2D eigenvalue weighted by Crippen LogP contribution is 2.27. The van der Waals surface area contributed by atoms with Gasteiger partial charge in [-0.2, -0.15) is 0 Å². The Morgan fingerprint density at radius 3 is 2.80 bits per heavy atom. The number of aromatic nitrogens is 2. The van der Waals surface area contributed by atoms with Gasteiger partial charge in [-0.15, -0.1) is 11.3 Å². The topological polar surface area (TPSA) is 63.8 Å². The number of thiophene rings is 1. The van der Waals surface area contributed by atoms with E-state index in [-0.39, 0.29) is 0 Å². The summed E-state index contributed by atoms with van der Waals surface area (Å²) in [7, 11) is 0. The van der Waals surface area contributed by atoms with Gasteiger partial charge in [0.2, 0.25) is 0 Å². The second kappa shape index (κ2) is 5.46. The van der Waals surface area contributed by atoms with Crippen molar-refractivity contribution in [2.75, 3.05) is 17.6 Å². The smallest absolute Gasteiger partial charge is 0.138 e. The lowest BCUT2D eigenvalue weighted by molar-refractivity contribution is 1.01. The van der Waals surface area contributed by atoms with Crippen molar-refractivity contribution >= 4 is 33.1 Å². The molecule has 102 valence electrons. The second-order valence-corrected chi connectivity index (χ2v) is 5.95. The molecule has 0 saturated carbocycles. The van der Waals surface area contributed by atoms with E-state index in [4.69, 9.17) is 5.73 Å². The van der Waals surface area contributed by atoms with Crippen LogP contribution in [-0.4, -0.2) is 16.5 Å². The zero-order valence-electron chi connectivity index (χ0n) is 11.3. The lowest BCUT2D eigenvalue weighted by atomic mass is 10.1. The highest BCUT2D eigenvalue weighted by molar-refractivity contribution is 7.18. The number of benzene rings is 1. The van der Waals surface area contributed by atoms with E-state index < -0.39 is 0 Å². The van der Waals surface area contributed by atoms with Crippen LogP contribution in [0.4, 0.5) is 11.5 Å². The lowest BCUT2D eigenvalue weighted by Gasteiger charge is -2.06. The Hall–Kier alpha value is -2.14. The quantitative estimate of drug-likeness (QED) is 0.722. The minimum Gasteiger partial charge on any atom is -0.399 e. The average Bonchev–Trinajstić information content (AvgIpc) is 2.82. The first kappa shape index (κ1) is 12.9. The Balaban J connectivity index is 1.69. The number of nitrogen functional groups attached to an aromatic ring is 1. The molecule has 3 aromatic rings. The van der Waals surface area contributed by atoms with Gasteiger partial charge in [0.05, 0.1) is 5.39 Å². The molecule has 0 aliphatic rings. The van der Waals surface area contributed by atoms with E-state index in [9.17, 15) is 0 Å². The van der Waals surface area contributed by atoms with Crippen LogP contribution < -0.4 is 11.1 Å². The molecular formula is C15H16N4S. The minimum atomic E-state index is 0.799. The van der Waals surface area contributed by atoms with Crippen molar-refractivity contribution in [3.63, 3.8) is 0 Å². The summed E-state index contributed by atoms with van der Waals surface area (Å²) in [5, 5.41) is 4.49. The van der Waals surface area contributed by atoms with Gasteiger partial charge in [0.1, 0.15) is 17.0 Å². The standard InChI is InChI=1S/C15H16N4S/c1-10-8-13-14(18-9-19-15(13)20-10)17-7-6-11-2-4-12(16)5-3-11/h2-5,8-9H,6-7,16H2,1H3,(H,17,18,19). The number of nitrogens with one attached hydrogen (secondary N) is 1. The Labute approximate surface area is 121 Å². The first-order valence-electron chi connectivity index (χ1n) is 6.52. The van der Waals surface area contributed by atoms with Crippen LogP contribution in [0.5, 0.6) is 0 Å². The summed E-state index contributed by atoms with van der Waals surface area (Å²) < 4.78 is 0. The predicted octanol–water partition coefficient (Wildman–Crippen LogP) is 3.24. The van der Waals surface area contributed by atoms with Crippen molar-refractivity contribution in [1.29, 1.82) is 0 Å². The second-order valence-electron chi connectivity index (χ2n) is 4.72. The summed E-state index contributed by atoms with van der Waals surface area (Å²) in [4.78, 5) is 10.9. The van der Waals surface area contributed by atoms with E-state index in [2.05, 4.69) is 40.4 Å². The number of anilines is 2. The average molecular weight is 284 g/mol. The molecule has 0 saturated heterocycles. The molecule has 1 aromatic carbocycles. The van der Waals surface area contributed by atoms with Crippen molar-refractivity contribution in [2.45, 2.75) is 13.3 Å². The molecule has 3 N–H and O–H groups in total. The molecule has 0 spiro atoms. The van der Waals surface area contributed by atoms with Crippen LogP contribution in [0, 0.1) is 6.92 Å². The zero-order chi connectivity index (χ0) is 13.9. The van der Waals surface area contributed by atoms with Crippen LogP contribution in [0.25, 0.3) is 10.2 Å². The maximum Gasteiger partial charge on any atom is 0.138 e. The Morgan fingerprint density at radius 2 is 2.00 bits per heavy atom. The number of nitrogens with two attached hydrogens (primary N) is 1. The van der Waals surface area contributed by atoms with Gasteiger partial charge in [-0.1, -0.05) is 12.1 Å². The summed E-state index contributed by atoms with van der Waals surface area (Å²) >= 11 is 1.69. The van der Waals surface area contributed by atoms with Gasteiger partial charge < -0.3 is 11.1 Å². The Kier molecular flexibility index (Phi) is 3.52. The maximum absolute atomic E-state index is 5.68. The molecule has 0 fully saturated rings. The third-order valence-corrected chi connectivity index (χ3v) is 4.10. The molecule has 5 heteroatoms. The normalized spacial score (nSPS) is 10.8. The molecular weight excluding hydrogens is 268 g/mol. The van der Waals surface area contributed by atoms with Crippen molar-refractivity contribution in [3.05, 3.63) is 47.1 Å². The zero-order valence-corrected chi connectivity index (χ0v) is 12.1. The number of fused-ring (bicyclic) bond motifs is 1. The molecule has 0 atom stereocenters. The summed E-state index contributed by atoms with van der Waals surface area (Å²) in [5.74, 6) is 0.912. The van der Waals surface area contributed by atoms with Crippen LogP contribution in [0.2, 0.25) is 0 Å². The third-order valence-electron chi connectivity index (χ3n) is 3.14. The summed E-state index contributed by atoms with van der Waals surface area (Å²) in [6.45, 7) is 2.93. The predicted molar refractivity (Wildman–Crippen MR) is 85.2 cm³/mol. The van der Waals surface area contributed by atoms with Gasteiger partial charge in [-0.3, -0.25) is 0 Å². The van der Waals surface area contributed by atoms with Gasteiger partial charge >= 0.3 is 0 Å². The van der Waals surface area contributed by atoms with Crippen molar-refractivity contribution in [1.82, 2.24) is 9.97 Å². The third kappa shape index (κ3) is 2.72. The maximum atomic E-state index is 5.68. The van der Waals surface area contributed by atoms with E-state index in [0.29, 0.717) is 0 Å². The molecule has 0 aliphatic heterocycles.